The van der Waals surface area contributed by atoms with E-state index in [0.29, 0.717) is 34.5 Å². The van der Waals surface area contributed by atoms with Crippen LogP contribution in [0.5, 0.6) is 0 Å². The van der Waals surface area contributed by atoms with Crippen molar-refractivity contribution in [1.82, 2.24) is 4.90 Å². The van der Waals surface area contributed by atoms with Crippen LogP contribution in [0.1, 0.15) is 21.5 Å². The number of amides is 1. The highest BCUT2D eigenvalue weighted by Gasteiger charge is 2.25. The maximum absolute atomic E-state index is 12.7. The molecule has 0 spiro atoms. The van der Waals surface area contributed by atoms with Gasteiger partial charge in [-0.2, -0.15) is 0 Å². The molecule has 2 aromatic carbocycles. The number of halogens is 2. The second-order valence-electron chi connectivity index (χ2n) is 5.51. The third-order valence-electron chi connectivity index (χ3n) is 3.72. The highest BCUT2D eigenvalue weighted by Crippen LogP contribution is 2.27. The molecule has 0 N–H and O–H groups in total. The van der Waals surface area contributed by atoms with Gasteiger partial charge in [-0.05, 0) is 36.8 Å². The van der Waals surface area contributed by atoms with E-state index in [9.17, 15) is 4.79 Å². The van der Waals surface area contributed by atoms with Crippen molar-refractivity contribution >= 4 is 46.0 Å². The number of amidine groups is 1. The molecule has 0 aromatic heterocycles. The van der Waals surface area contributed by atoms with Gasteiger partial charge in [0.15, 0.2) is 5.17 Å². The lowest BCUT2D eigenvalue weighted by Gasteiger charge is -2.18. The molecule has 0 saturated heterocycles. The van der Waals surface area contributed by atoms with Crippen molar-refractivity contribution in [2.75, 3.05) is 13.1 Å². The number of carbonyl (C=O) groups excluding carboxylic acids is 1. The number of rotatable bonds is 3. The molecule has 0 atom stereocenters. The maximum Gasteiger partial charge on any atom is 0.259 e. The van der Waals surface area contributed by atoms with Crippen molar-refractivity contribution in [2.24, 2.45) is 4.99 Å². The largest absolute Gasteiger partial charge is 0.286 e. The molecule has 0 saturated carbocycles. The number of thioether (sulfide) groups is 1. The van der Waals surface area contributed by atoms with Crippen LogP contribution in [0.4, 0.5) is 0 Å². The van der Waals surface area contributed by atoms with Gasteiger partial charge in [0.25, 0.3) is 5.91 Å². The van der Waals surface area contributed by atoms with Crippen LogP contribution >= 0.6 is 35.0 Å². The zero-order chi connectivity index (χ0) is 17.1. The van der Waals surface area contributed by atoms with E-state index in [-0.39, 0.29) is 5.91 Å². The Morgan fingerprint density at radius 1 is 1.21 bits per heavy atom. The number of nitrogens with zero attached hydrogens (tertiary/aromatic N) is 2. The van der Waals surface area contributed by atoms with E-state index < -0.39 is 0 Å². The summed E-state index contributed by atoms with van der Waals surface area (Å²) in [6, 6.07) is 13.0. The Kier molecular flexibility index (Phi) is 5.49. The molecule has 0 bridgehead atoms. The Hall–Kier alpha value is -1.49. The highest BCUT2D eigenvalue weighted by atomic mass is 35.5. The zero-order valence-electron chi connectivity index (χ0n) is 13.1. The highest BCUT2D eigenvalue weighted by molar-refractivity contribution is 8.13. The minimum Gasteiger partial charge on any atom is -0.286 e. The van der Waals surface area contributed by atoms with Gasteiger partial charge in [-0.3, -0.25) is 14.7 Å². The molecule has 3 nitrogen and oxygen atoms in total. The normalized spacial score (nSPS) is 14.0. The predicted octanol–water partition coefficient (Wildman–Crippen LogP) is 5.05. The van der Waals surface area contributed by atoms with E-state index in [2.05, 4.69) is 4.99 Å². The summed E-state index contributed by atoms with van der Waals surface area (Å²) in [6.45, 7) is 3.25. The summed E-state index contributed by atoms with van der Waals surface area (Å²) in [7, 11) is 0. The lowest BCUT2D eigenvalue weighted by atomic mass is 10.1. The Labute approximate surface area is 155 Å². The first kappa shape index (κ1) is 17.3. The molecular formula is C18H16Cl2N2OS. The molecule has 1 aliphatic rings. The average molecular weight is 379 g/mol. The third kappa shape index (κ3) is 3.94. The summed E-state index contributed by atoms with van der Waals surface area (Å²) in [6.07, 6.45) is 0. The number of carbonyl (C=O) groups is 1. The van der Waals surface area contributed by atoms with Crippen LogP contribution in [-0.4, -0.2) is 29.1 Å². The Morgan fingerprint density at radius 3 is 2.67 bits per heavy atom. The van der Waals surface area contributed by atoms with Crippen molar-refractivity contribution in [3.05, 3.63) is 69.2 Å². The van der Waals surface area contributed by atoms with Crippen molar-refractivity contribution in [3.63, 3.8) is 0 Å². The second-order valence-corrected chi connectivity index (χ2v) is 7.30. The molecule has 0 radical (unpaired) electrons. The van der Waals surface area contributed by atoms with Gasteiger partial charge in [0.05, 0.1) is 6.54 Å². The number of aliphatic imine (C=N–C) groups is 1. The Bertz CT molecular complexity index is 790. The molecule has 0 aliphatic carbocycles. The first-order valence-electron chi connectivity index (χ1n) is 7.54. The molecule has 3 rings (SSSR count). The number of hydrogen-bond donors (Lipinski definition) is 0. The van der Waals surface area contributed by atoms with Crippen LogP contribution in [0.2, 0.25) is 10.0 Å². The fourth-order valence-corrected chi connectivity index (χ4v) is 3.98. The predicted molar refractivity (Wildman–Crippen MR) is 102 cm³/mol. The molecule has 124 valence electrons. The molecule has 1 aliphatic heterocycles. The Morgan fingerprint density at radius 2 is 1.96 bits per heavy atom. The molecule has 1 heterocycles. The summed E-state index contributed by atoms with van der Waals surface area (Å²) in [5, 5.41) is 1.99. The van der Waals surface area contributed by atoms with Crippen LogP contribution in [0.3, 0.4) is 0 Å². The molecule has 1 amide bonds. The van der Waals surface area contributed by atoms with Crippen LogP contribution in [0, 0.1) is 6.92 Å². The van der Waals surface area contributed by atoms with Crippen molar-refractivity contribution in [3.8, 4) is 0 Å². The van der Waals surface area contributed by atoms with E-state index in [1.54, 1.807) is 11.0 Å². The first-order valence-corrected chi connectivity index (χ1v) is 9.28. The molecule has 0 unspecified atom stereocenters. The van der Waals surface area contributed by atoms with Gasteiger partial charge in [0.1, 0.15) is 0 Å². The SMILES string of the molecule is Cc1ccc(C(=O)N2CCN=C2SCc2ccc(Cl)cc2Cl)cc1. The van der Waals surface area contributed by atoms with Gasteiger partial charge in [-0.15, -0.1) is 0 Å². The Balaban J connectivity index is 1.69. The topological polar surface area (TPSA) is 32.7 Å². The minimum atomic E-state index is -0.0130. The van der Waals surface area contributed by atoms with Crippen LogP contribution < -0.4 is 0 Å². The fraction of sp³-hybridized carbons (Fsp3) is 0.222. The molecule has 6 heteroatoms. The molecular weight excluding hydrogens is 363 g/mol. The minimum absolute atomic E-state index is 0.0130. The van der Waals surface area contributed by atoms with Gasteiger partial charge >= 0.3 is 0 Å². The maximum atomic E-state index is 12.7. The fourth-order valence-electron chi connectivity index (χ4n) is 2.37. The van der Waals surface area contributed by atoms with E-state index in [4.69, 9.17) is 23.2 Å². The molecule has 2 aromatic rings. The van der Waals surface area contributed by atoms with Gasteiger partial charge in [-0.1, -0.05) is 58.7 Å². The lowest BCUT2D eigenvalue weighted by molar-refractivity contribution is 0.0860. The monoisotopic (exact) mass is 378 g/mol. The second kappa shape index (κ2) is 7.60. The molecule has 24 heavy (non-hydrogen) atoms. The lowest BCUT2D eigenvalue weighted by Crippen LogP contribution is -2.32. The summed E-state index contributed by atoms with van der Waals surface area (Å²) in [5.74, 6) is 0.632. The van der Waals surface area contributed by atoms with Crippen LogP contribution in [0.15, 0.2) is 47.5 Å². The number of benzene rings is 2. The standard InChI is InChI=1S/C18H16Cl2N2OS/c1-12-2-4-13(5-3-12)17(23)22-9-8-21-18(22)24-11-14-6-7-15(19)10-16(14)20/h2-7,10H,8-9,11H2,1H3. The van der Waals surface area contributed by atoms with Crippen molar-refractivity contribution in [1.29, 1.82) is 0 Å². The van der Waals surface area contributed by atoms with Crippen molar-refractivity contribution in [2.45, 2.75) is 12.7 Å². The molecule has 0 fully saturated rings. The van der Waals surface area contributed by atoms with E-state index >= 15 is 0 Å². The summed E-state index contributed by atoms with van der Waals surface area (Å²) >= 11 is 13.6. The summed E-state index contributed by atoms with van der Waals surface area (Å²) in [5.41, 5.74) is 2.79. The number of aryl methyl sites for hydroxylation is 1. The van der Waals surface area contributed by atoms with E-state index in [1.165, 1.54) is 11.8 Å². The van der Waals surface area contributed by atoms with E-state index in [1.807, 2.05) is 43.3 Å². The quantitative estimate of drug-likeness (QED) is 0.748. The van der Waals surface area contributed by atoms with Crippen LogP contribution in [0.25, 0.3) is 0 Å². The van der Waals surface area contributed by atoms with Gasteiger partial charge in [0, 0.05) is 27.9 Å². The van der Waals surface area contributed by atoms with Crippen molar-refractivity contribution < 1.29 is 4.79 Å². The zero-order valence-corrected chi connectivity index (χ0v) is 15.5. The summed E-state index contributed by atoms with van der Waals surface area (Å²) < 4.78 is 0. The van der Waals surface area contributed by atoms with Crippen LogP contribution in [-0.2, 0) is 5.75 Å². The van der Waals surface area contributed by atoms with Gasteiger partial charge < -0.3 is 0 Å². The van der Waals surface area contributed by atoms with Gasteiger partial charge in [-0.25, -0.2) is 0 Å². The number of hydrogen-bond acceptors (Lipinski definition) is 3. The average Bonchev–Trinajstić information content (AvgIpc) is 3.02. The summed E-state index contributed by atoms with van der Waals surface area (Å²) in [4.78, 5) is 18.9. The van der Waals surface area contributed by atoms with E-state index in [0.717, 1.165) is 16.3 Å². The van der Waals surface area contributed by atoms with Gasteiger partial charge in [0.2, 0.25) is 0 Å². The smallest absolute Gasteiger partial charge is 0.259 e. The third-order valence-corrected chi connectivity index (χ3v) is 5.37. The first-order chi connectivity index (χ1) is 11.5.